The Morgan fingerprint density at radius 3 is 2.50 bits per heavy atom. The molecular weight excluding hydrogens is 200 g/mol. The summed E-state index contributed by atoms with van der Waals surface area (Å²) in [6.07, 6.45) is 5.20. The van der Waals surface area contributed by atoms with Gasteiger partial charge in [0.2, 0.25) is 5.96 Å². The van der Waals surface area contributed by atoms with Crippen LogP contribution in [0.5, 0.6) is 0 Å². The van der Waals surface area contributed by atoms with Crippen molar-refractivity contribution >= 4 is 5.96 Å². The van der Waals surface area contributed by atoms with E-state index >= 15 is 0 Å². The number of aliphatic imine (C=N–C) groups is 1. The lowest BCUT2D eigenvalue weighted by atomic mass is 9.93. The largest absolute Gasteiger partial charge is 0.342 e. The van der Waals surface area contributed by atoms with Crippen molar-refractivity contribution in [2.75, 3.05) is 13.1 Å². The minimum atomic E-state index is 0.291. The van der Waals surface area contributed by atoms with E-state index in [0.29, 0.717) is 6.04 Å². The lowest BCUT2D eigenvalue weighted by Gasteiger charge is -2.33. The second-order valence-electron chi connectivity index (χ2n) is 4.91. The maximum atomic E-state index is 5.52. The van der Waals surface area contributed by atoms with Crippen LogP contribution in [0.4, 0.5) is 0 Å². The van der Waals surface area contributed by atoms with Gasteiger partial charge in [-0.1, -0.05) is 19.8 Å². The van der Waals surface area contributed by atoms with Gasteiger partial charge in [0.05, 0.1) is 0 Å². The van der Waals surface area contributed by atoms with Crippen LogP contribution in [0.1, 0.15) is 46.5 Å². The van der Waals surface area contributed by atoms with Crippen LogP contribution in [-0.2, 0) is 0 Å². The first kappa shape index (κ1) is 13.3. The van der Waals surface area contributed by atoms with E-state index in [1.165, 1.54) is 25.7 Å². The second-order valence-corrected chi connectivity index (χ2v) is 4.91. The summed E-state index contributed by atoms with van der Waals surface area (Å²) in [7, 11) is 0. The van der Waals surface area contributed by atoms with Gasteiger partial charge in [0.1, 0.15) is 0 Å². The van der Waals surface area contributed by atoms with Gasteiger partial charge in [-0.2, -0.15) is 0 Å². The standard InChI is InChI=1S/C12H26N4/c1-4-5-11-6-8-16(9-7-11)12(15-13)14-10(2)3/h10-11H,4-9,13H2,1-3H3,(H,14,15). The second kappa shape index (κ2) is 6.74. The smallest absolute Gasteiger partial charge is 0.208 e. The van der Waals surface area contributed by atoms with E-state index < -0.39 is 0 Å². The molecule has 0 radical (unpaired) electrons. The summed E-state index contributed by atoms with van der Waals surface area (Å²) in [4.78, 5) is 6.77. The number of hydrazine groups is 1. The number of rotatable bonds is 3. The molecule has 1 saturated heterocycles. The van der Waals surface area contributed by atoms with Gasteiger partial charge >= 0.3 is 0 Å². The maximum Gasteiger partial charge on any atom is 0.208 e. The summed E-state index contributed by atoms with van der Waals surface area (Å²) >= 11 is 0. The van der Waals surface area contributed by atoms with Gasteiger partial charge in [0.25, 0.3) is 0 Å². The molecule has 3 N–H and O–H groups in total. The number of hydrogen-bond donors (Lipinski definition) is 2. The van der Waals surface area contributed by atoms with E-state index in [4.69, 9.17) is 5.84 Å². The average Bonchev–Trinajstić information content (AvgIpc) is 2.27. The highest BCUT2D eigenvalue weighted by Crippen LogP contribution is 2.21. The fraction of sp³-hybridized carbons (Fsp3) is 0.917. The number of likely N-dealkylation sites (tertiary alicyclic amines) is 1. The van der Waals surface area contributed by atoms with Crippen LogP contribution in [0, 0.1) is 5.92 Å². The number of hydrogen-bond acceptors (Lipinski definition) is 2. The van der Waals surface area contributed by atoms with Gasteiger partial charge in [-0.25, -0.2) is 10.8 Å². The lowest BCUT2D eigenvalue weighted by molar-refractivity contribution is 0.249. The fourth-order valence-corrected chi connectivity index (χ4v) is 2.30. The minimum Gasteiger partial charge on any atom is -0.342 e. The van der Waals surface area contributed by atoms with Crippen molar-refractivity contribution in [3.05, 3.63) is 0 Å². The van der Waals surface area contributed by atoms with Crippen LogP contribution in [-0.4, -0.2) is 30.0 Å². The molecule has 0 aliphatic carbocycles. The first-order valence-corrected chi connectivity index (χ1v) is 6.46. The van der Waals surface area contributed by atoms with Crippen LogP contribution in [0.3, 0.4) is 0 Å². The Morgan fingerprint density at radius 1 is 1.44 bits per heavy atom. The normalized spacial score (nSPS) is 19.3. The summed E-state index contributed by atoms with van der Waals surface area (Å²) < 4.78 is 0. The molecule has 0 aromatic carbocycles. The van der Waals surface area contributed by atoms with E-state index in [2.05, 4.69) is 36.1 Å². The number of piperidine rings is 1. The number of nitrogens with two attached hydrogens (primary N) is 1. The Bertz CT molecular complexity index is 217. The van der Waals surface area contributed by atoms with Crippen LogP contribution in [0.25, 0.3) is 0 Å². The quantitative estimate of drug-likeness (QED) is 0.333. The Hall–Kier alpha value is -0.770. The number of guanidine groups is 1. The summed E-state index contributed by atoms with van der Waals surface area (Å²) in [5.41, 5.74) is 2.73. The lowest BCUT2D eigenvalue weighted by Crippen LogP contribution is -2.48. The molecule has 0 atom stereocenters. The fourth-order valence-electron chi connectivity index (χ4n) is 2.30. The van der Waals surface area contributed by atoms with Crippen LogP contribution < -0.4 is 11.3 Å². The zero-order valence-electron chi connectivity index (χ0n) is 10.9. The van der Waals surface area contributed by atoms with E-state index in [-0.39, 0.29) is 0 Å². The summed E-state index contributed by atoms with van der Waals surface area (Å²) in [6.45, 7) is 8.57. The van der Waals surface area contributed by atoms with Crippen molar-refractivity contribution in [1.82, 2.24) is 10.3 Å². The Morgan fingerprint density at radius 2 is 2.06 bits per heavy atom. The molecule has 1 heterocycles. The molecule has 0 aromatic heterocycles. The van der Waals surface area contributed by atoms with E-state index in [1.54, 1.807) is 0 Å². The predicted molar refractivity (Wildman–Crippen MR) is 69.1 cm³/mol. The van der Waals surface area contributed by atoms with Crippen LogP contribution in [0.2, 0.25) is 0 Å². The Balaban J connectivity index is 2.45. The third-order valence-corrected chi connectivity index (χ3v) is 3.12. The third kappa shape index (κ3) is 4.00. The highest BCUT2D eigenvalue weighted by molar-refractivity contribution is 5.79. The van der Waals surface area contributed by atoms with E-state index in [1.807, 2.05) is 0 Å². The summed E-state index contributed by atoms with van der Waals surface area (Å²) in [5, 5.41) is 0. The average molecular weight is 226 g/mol. The molecule has 4 nitrogen and oxygen atoms in total. The molecule has 0 amide bonds. The third-order valence-electron chi connectivity index (χ3n) is 3.12. The van der Waals surface area contributed by atoms with Crippen molar-refractivity contribution in [3.63, 3.8) is 0 Å². The highest BCUT2D eigenvalue weighted by atomic mass is 15.4. The van der Waals surface area contributed by atoms with Crippen molar-refractivity contribution in [1.29, 1.82) is 0 Å². The molecule has 1 aliphatic rings. The molecule has 0 unspecified atom stereocenters. The predicted octanol–water partition coefficient (Wildman–Crippen LogP) is 1.73. The first-order valence-electron chi connectivity index (χ1n) is 6.46. The topological polar surface area (TPSA) is 53.6 Å². The van der Waals surface area contributed by atoms with Gasteiger partial charge in [-0.3, -0.25) is 5.43 Å². The van der Waals surface area contributed by atoms with Gasteiger partial charge in [-0.05, 0) is 32.6 Å². The molecule has 4 heteroatoms. The van der Waals surface area contributed by atoms with Crippen LogP contribution >= 0.6 is 0 Å². The van der Waals surface area contributed by atoms with Crippen LogP contribution in [0.15, 0.2) is 4.99 Å². The van der Waals surface area contributed by atoms with Crippen molar-refractivity contribution in [2.45, 2.75) is 52.5 Å². The van der Waals surface area contributed by atoms with Gasteiger partial charge in [-0.15, -0.1) is 0 Å². The molecule has 0 spiro atoms. The molecule has 16 heavy (non-hydrogen) atoms. The molecule has 1 rings (SSSR count). The Kier molecular flexibility index (Phi) is 5.60. The van der Waals surface area contributed by atoms with Crippen molar-refractivity contribution < 1.29 is 0 Å². The van der Waals surface area contributed by atoms with Crippen molar-refractivity contribution in [2.24, 2.45) is 16.8 Å². The van der Waals surface area contributed by atoms with E-state index in [0.717, 1.165) is 25.0 Å². The molecule has 94 valence electrons. The number of nitrogens with one attached hydrogen (secondary N) is 1. The SMILES string of the molecule is CCCC1CCN(C(=NC(C)C)NN)CC1. The number of nitrogens with zero attached hydrogens (tertiary/aromatic N) is 2. The van der Waals surface area contributed by atoms with Gasteiger partial charge in [0, 0.05) is 19.1 Å². The zero-order chi connectivity index (χ0) is 12.0. The molecule has 0 aromatic rings. The van der Waals surface area contributed by atoms with E-state index in [9.17, 15) is 0 Å². The maximum absolute atomic E-state index is 5.52. The first-order chi connectivity index (χ1) is 7.67. The summed E-state index contributed by atoms with van der Waals surface area (Å²) in [6, 6.07) is 0.291. The Labute approximate surface area is 99.3 Å². The minimum absolute atomic E-state index is 0.291. The highest BCUT2D eigenvalue weighted by Gasteiger charge is 2.20. The molecule has 0 saturated carbocycles. The molecule has 1 fully saturated rings. The van der Waals surface area contributed by atoms with Crippen molar-refractivity contribution in [3.8, 4) is 0 Å². The van der Waals surface area contributed by atoms with Gasteiger partial charge < -0.3 is 4.90 Å². The molecular formula is C12H26N4. The molecule has 0 bridgehead atoms. The summed E-state index contributed by atoms with van der Waals surface area (Å²) in [5.74, 6) is 7.28. The monoisotopic (exact) mass is 226 g/mol. The molecule has 1 aliphatic heterocycles. The zero-order valence-corrected chi connectivity index (χ0v) is 10.9. The van der Waals surface area contributed by atoms with Gasteiger partial charge in [0.15, 0.2) is 0 Å².